The maximum absolute atomic E-state index is 10.7. The second-order valence-electron chi connectivity index (χ2n) is 3.98. The number of allylic oxidation sites excluding steroid dienone is 1. The molecule has 1 aromatic rings. The lowest BCUT2D eigenvalue weighted by atomic mass is 10.0. The number of hydrogen-bond donors (Lipinski definition) is 2. The van der Waals surface area contributed by atoms with Gasteiger partial charge in [0.25, 0.3) is 0 Å². The first kappa shape index (κ1) is 14.8. The Hall–Kier alpha value is -2.30. The smallest absolute Gasteiger partial charge is 0.317 e. The highest BCUT2D eigenvalue weighted by Gasteiger charge is 2.24. The molecule has 0 aliphatic heterocycles. The fourth-order valence-electron chi connectivity index (χ4n) is 1.55. The molecular weight excluding hydrogens is 248 g/mol. The summed E-state index contributed by atoms with van der Waals surface area (Å²) in [5.41, 5.74) is 0.947. The molecule has 0 aliphatic rings. The summed E-state index contributed by atoms with van der Waals surface area (Å²) < 4.78 is 5.02. The number of carboxylic acid groups (broad SMARTS) is 2. The van der Waals surface area contributed by atoms with E-state index in [9.17, 15) is 9.59 Å². The minimum Gasteiger partial charge on any atom is -0.497 e. The molecule has 0 spiro atoms. The molecule has 0 atom stereocenters. The summed E-state index contributed by atoms with van der Waals surface area (Å²) in [6, 6.07) is 7.36. The van der Waals surface area contributed by atoms with Gasteiger partial charge in [0.1, 0.15) is 5.75 Å². The number of aliphatic carboxylic acids is 2. The van der Waals surface area contributed by atoms with E-state index in [1.807, 2.05) is 30.3 Å². The van der Waals surface area contributed by atoms with Gasteiger partial charge >= 0.3 is 11.9 Å². The standard InChI is InChI=1S/C14H16O5/c1-19-11-8-6-10(7-9-11)4-2-3-5-12(13(15)16)14(17)18/h2,4,6-9,12H,3,5H2,1H3,(H,15,16)(H,17,18). The van der Waals surface area contributed by atoms with E-state index < -0.39 is 17.9 Å². The summed E-state index contributed by atoms with van der Waals surface area (Å²) in [6.07, 6.45) is 4.06. The minimum absolute atomic E-state index is 0.0807. The number of benzene rings is 1. The van der Waals surface area contributed by atoms with Crippen LogP contribution in [0.3, 0.4) is 0 Å². The van der Waals surface area contributed by atoms with E-state index in [1.165, 1.54) is 0 Å². The van der Waals surface area contributed by atoms with Gasteiger partial charge in [0.2, 0.25) is 0 Å². The number of ether oxygens (including phenoxy) is 1. The van der Waals surface area contributed by atoms with Crippen molar-refractivity contribution in [2.24, 2.45) is 5.92 Å². The first-order valence-electron chi connectivity index (χ1n) is 5.81. The molecule has 1 aromatic carbocycles. The molecule has 0 unspecified atom stereocenters. The molecule has 1 rings (SSSR count). The number of carboxylic acids is 2. The Bertz CT molecular complexity index is 447. The van der Waals surface area contributed by atoms with Gasteiger partial charge in [-0.05, 0) is 30.5 Å². The largest absolute Gasteiger partial charge is 0.497 e. The Kier molecular flexibility index (Phi) is 5.60. The van der Waals surface area contributed by atoms with Crippen LogP contribution in [0.5, 0.6) is 5.75 Å². The predicted octanol–water partition coefficient (Wildman–Crippen LogP) is 2.27. The first-order chi connectivity index (χ1) is 9.04. The van der Waals surface area contributed by atoms with Crippen LogP contribution in [0.1, 0.15) is 18.4 Å². The lowest BCUT2D eigenvalue weighted by molar-refractivity contribution is -0.154. The van der Waals surface area contributed by atoms with E-state index in [4.69, 9.17) is 14.9 Å². The SMILES string of the molecule is COc1ccc(C=CCCC(C(=O)O)C(=O)O)cc1. The molecule has 0 saturated carbocycles. The normalized spacial score (nSPS) is 10.8. The average Bonchev–Trinajstić information content (AvgIpc) is 2.38. The number of hydrogen-bond acceptors (Lipinski definition) is 3. The van der Waals surface area contributed by atoms with Gasteiger partial charge in [0.05, 0.1) is 7.11 Å². The average molecular weight is 264 g/mol. The minimum atomic E-state index is -1.35. The second kappa shape index (κ2) is 7.20. The van der Waals surface area contributed by atoms with Crippen molar-refractivity contribution in [3.05, 3.63) is 35.9 Å². The van der Waals surface area contributed by atoms with E-state index in [2.05, 4.69) is 0 Å². The zero-order valence-electron chi connectivity index (χ0n) is 10.6. The van der Waals surface area contributed by atoms with Gasteiger partial charge in [-0.1, -0.05) is 24.3 Å². The van der Waals surface area contributed by atoms with Crippen molar-refractivity contribution in [3.8, 4) is 5.75 Å². The third-order valence-electron chi connectivity index (χ3n) is 2.64. The van der Waals surface area contributed by atoms with Crippen molar-refractivity contribution in [3.63, 3.8) is 0 Å². The lowest BCUT2D eigenvalue weighted by Crippen LogP contribution is -2.22. The molecule has 0 aromatic heterocycles. The fourth-order valence-corrected chi connectivity index (χ4v) is 1.55. The van der Waals surface area contributed by atoms with Crippen molar-refractivity contribution in [2.75, 3.05) is 7.11 Å². The van der Waals surface area contributed by atoms with Crippen LogP contribution in [-0.4, -0.2) is 29.3 Å². The Balaban J connectivity index is 2.49. The molecule has 0 bridgehead atoms. The monoisotopic (exact) mass is 264 g/mol. The molecule has 5 heteroatoms. The van der Waals surface area contributed by atoms with E-state index in [-0.39, 0.29) is 6.42 Å². The first-order valence-corrected chi connectivity index (χ1v) is 5.81. The van der Waals surface area contributed by atoms with E-state index in [1.54, 1.807) is 13.2 Å². The van der Waals surface area contributed by atoms with Crippen LogP contribution >= 0.6 is 0 Å². The summed E-state index contributed by atoms with van der Waals surface area (Å²) in [5.74, 6) is -3.19. The molecule has 0 amide bonds. The summed E-state index contributed by atoms with van der Waals surface area (Å²) in [5, 5.41) is 17.4. The topological polar surface area (TPSA) is 83.8 Å². The fraction of sp³-hybridized carbons (Fsp3) is 0.286. The van der Waals surface area contributed by atoms with Crippen LogP contribution in [0.25, 0.3) is 6.08 Å². The van der Waals surface area contributed by atoms with Gasteiger partial charge in [0, 0.05) is 0 Å². The van der Waals surface area contributed by atoms with Gasteiger partial charge in [0.15, 0.2) is 5.92 Å². The lowest BCUT2D eigenvalue weighted by Gasteiger charge is -2.04. The second-order valence-corrected chi connectivity index (χ2v) is 3.98. The van der Waals surface area contributed by atoms with Gasteiger partial charge in [-0.3, -0.25) is 9.59 Å². The van der Waals surface area contributed by atoms with Gasteiger partial charge in [-0.15, -0.1) is 0 Å². The molecule has 19 heavy (non-hydrogen) atoms. The van der Waals surface area contributed by atoms with Crippen LogP contribution in [-0.2, 0) is 9.59 Å². The molecule has 5 nitrogen and oxygen atoms in total. The van der Waals surface area contributed by atoms with Crippen LogP contribution in [0.4, 0.5) is 0 Å². The van der Waals surface area contributed by atoms with Crippen molar-refractivity contribution < 1.29 is 24.5 Å². The molecule has 0 aliphatic carbocycles. The summed E-state index contributed by atoms with van der Waals surface area (Å²) >= 11 is 0. The number of methoxy groups -OCH3 is 1. The summed E-state index contributed by atoms with van der Waals surface area (Å²) in [6.45, 7) is 0. The third kappa shape index (κ3) is 4.83. The molecule has 0 radical (unpaired) electrons. The molecule has 0 heterocycles. The van der Waals surface area contributed by atoms with Crippen molar-refractivity contribution >= 4 is 18.0 Å². The molecule has 0 saturated heterocycles. The van der Waals surface area contributed by atoms with Crippen LogP contribution in [0, 0.1) is 5.92 Å². The molecular formula is C14H16O5. The summed E-state index contributed by atoms with van der Waals surface area (Å²) in [4.78, 5) is 21.3. The molecule has 102 valence electrons. The molecule has 0 fully saturated rings. The van der Waals surface area contributed by atoms with Crippen LogP contribution in [0.15, 0.2) is 30.3 Å². The van der Waals surface area contributed by atoms with Crippen molar-refractivity contribution in [1.29, 1.82) is 0 Å². The Morgan fingerprint density at radius 3 is 2.26 bits per heavy atom. The maximum Gasteiger partial charge on any atom is 0.317 e. The third-order valence-corrected chi connectivity index (χ3v) is 2.64. The van der Waals surface area contributed by atoms with E-state index >= 15 is 0 Å². The van der Waals surface area contributed by atoms with Crippen LogP contribution in [0.2, 0.25) is 0 Å². The molecule has 2 N–H and O–H groups in total. The van der Waals surface area contributed by atoms with Crippen molar-refractivity contribution in [2.45, 2.75) is 12.8 Å². The Labute approximate surface area is 111 Å². The van der Waals surface area contributed by atoms with E-state index in [0.717, 1.165) is 11.3 Å². The number of rotatable bonds is 7. The highest BCUT2D eigenvalue weighted by molar-refractivity contribution is 5.92. The summed E-state index contributed by atoms with van der Waals surface area (Å²) in [7, 11) is 1.59. The van der Waals surface area contributed by atoms with Gasteiger partial charge in [-0.2, -0.15) is 0 Å². The van der Waals surface area contributed by atoms with Crippen LogP contribution < -0.4 is 4.74 Å². The number of carbonyl (C=O) groups is 2. The quantitative estimate of drug-likeness (QED) is 0.738. The Morgan fingerprint density at radius 2 is 1.79 bits per heavy atom. The highest BCUT2D eigenvalue weighted by atomic mass is 16.5. The zero-order chi connectivity index (χ0) is 14.3. The Morgan fingerprint density at radius 1 is 1.21 bits per heavy atom. The van der Waals surface area contributed by atoms with Crippen molar-refractivity contribution in [1.82, 2.24) is 0 Å². The van der Waals surface area contributed by atoms with Gasteiger partial charge in [-0.25, -0.2) is 0 Å². The predicted molar refractivity (Wildman–Crippen MR) is 70.0 cm³/mol. The maximum atomic E-state index is 10.7. The highest BCUT2D eigenvalue weighted by Crippen LogP contribution is 2.13. The van der Waals surface area contributed by atoms with E-state index in [0.29, 0.717) is 6.42 Å². The van der Waals surface area contributed by atoms with Gasteiger partial charge < -0.3 is 14.9 Å². The zero-order valence-corrected chi connectivity index (χ0v) is 10.6.